The molecule has 0 spiro atoms. The van der Waals surface area contributed by atoms with Gasteiger partial charge in [0, 0.05) is 11.8 Å². The van der Waals surface area contributed by atoms with E-state index in [-0.39, 0.29) is 11.2 Å². The molecule has 4 rings (SSSR count). The van der Waals surface area contributed by atoms with Crippen LogP contribution in [-0.4, -0.2) is 28.2 Å². The van der Waals surface area contributed by atoms with Gasteiger partial charge in [0.1, 0.15) is 18.1 Å². The molecule has 0 fully saturated rings. The third kappa shape index (κ3) is 5.38. The van der Waals surface area contributed by atoms with Crippen molar-refractivity contribution in [3.8, 4) is 11.5 Å². The molecule has 3 aromatic carbocycles. The van der Waals surface area contributed by atoms with Crippen molar-refractivity contribution in [2.75, 3.05) is 12.4 Å². The number of benzene rings is 3. The second kappa shape index (κ2) is 9.57. The Morgan fingerprint density at radius 2 is 1.81 bits per heavy atom. The minimum Gasteiger partial charge on any atom is -0.497 e. The van der Waals surface area contributed by atoms with Crippen molar-refractivity contribution in [3.63, 3.8) is 0 Å². The number of nitrogens with zero attached hydrogens (tertiary/aromatic N) is 1. The number of anilines is 1. The Morgan fingerprint density at radius 3 is 2.55 bits per heavy atom. The third-order valence-corrected chi connectivity index (χ3v) is 5.68. The van der Waals surface area contributed by atoms with Gasteiger partial charge in [-0.3, -0.25) is 4.79 Å². The summed E-state index contributed by atoms with van der Waals surface area (Å²) in [5, 5.41) is 3.31. The number of thioether (sulfide) groups is 1. The molecule has 0 aliphatic carbocycles. The van der Waals surface area contributed by atoms with Crippen LogP contribution in [-0.2, 0) is 11.4 Å². The van der Waals surface area contributed by atoms with Crippen molar-refractivity contribution in [1.82, 2.24) is 9.97 Å². The predicted octanol–water partition coefficient (Wildman–Crippen LogP) is 5.27. The zero-order valence-corrected chi connectivity index (χ0v) is 18.1. The van der Waals surface area contributed by atoms with Gasteiger partial charge in [0.25, 0.3) is 0 Å². The number of aromatic amines is 1. The molecule has 1 heterocycles. The highest BCUT2D eigenvalue weighted by molar-refractivity contribution is 8.00. The summed E-state index contributed by atoms with van der Waals surface area (Å²) in [5.41, 5.74) is 3.54. The molecule has 0 saturated heterocycles. The van der Waals surface area contributed by atoms with E-state index in [0.29, 0.717) is 11.8 Å². The molecule has 4 aromatic rings. The van der Waals surface area contributed by atoms with Crippen LogP contribution in [0.15, 0.2) is 78.0 Å². The van der Waals surface area contributed by atoms with E-state index in [1.54, 1.807) is 7.11 Å². The molecule has 1 aromatic heterocycles. The van der Waals surface area contributed by atoms with E-state index < -0.39 is 0 Å². The van der Waals surface area contributed by atoms with Crippen LogP contribution in [0.1, 0.15) is 12.5 Å². The van der Waals surface area contributed by atoms with Gasteiger partial charge in [-0.25, -0.2) is 4.98 Å². The lowest BCUT2D eigenvalue weighted by Crippen LogP contribution is -2.22. The monoisotopic (exact) mass is 433 g/mol. The number of nitrogens with one attached hydrogen (secondary N) is 2. The predicted molar refractivity (Wildman–Crippen MR) is 124 cm³/mol. The summed E-state index contributed by atoms with van der Waals surface area (Å²) in [7, 11) is 1.63. The fraction of sp³-hybridized carbons (Fsp3) is 0.167. The van der Waals surface area contributed by atoms with E-state index in [1.165, 1.54) is 11.8 Å². The van der Waals surface area contributed by atoms with Crippen molar-refractivity contribution in [2.45, 2.75) is 23.9 Å². The van der Waals surface area contributed by atoms with Gasteiger partial charge >= 0.3 is 0 Å². The summed E-state index contributed by atoms with van der Waals surface area (Å²) in [5.74, 6) is 1.41. The normalized spacial score (nSPS) is 11.8. The number of hydrogen-bond acceptors (Lipinski definition) is 5. The smallest absolute Gasteiger partial charge is 0.237 e. The SMILES string of the molecule is COc1ccc2nc(SC(C)C(=O)Nc3ccc(OCc4ccccc4)cc3)[nH]c2c1. The molecule has 31 heavy (non-hydrogen) atoms. The van der Waals surface area contributed by atoms with Gasteiger partial charge < -0.3 is 19.8 Å². The highest BCUT2D eigenvalue weighted by Crippen LogP contribution is 2.26. The number of aromatic nitrogens is 2. The van der Waals surface area contributed by atoms with E-state index in [2.05, 4.69) is 15.3 Å². The van der Waals surface area contributed by atoms with Gasteiger partial charge in [-0.15, -0.1) is 0 Å². The second-order valence-corrected chi connectivity index (χ2v) is 8.30. The number of fused-ring (bicyclic) bond motifs is 1. The van der Waals surface area contributed by atoms with E-state index in [9.17, 15) is 4.79 Å². The minimum atomic E-state index is -0.323. The summed E-state index contributed by atoms with van der Waals surface area (Å²) in [4.78, 5) is 20.4. The lowest BCUT2D eigenvalue weighted by Gasteiger charge is -2.11. The molecular weight excluding hydrogens is 410 g/mol. The first kappa shape index (κ1) is 20.8. The number of rotatable bonds is 8. The van der Waals surface area contributed by atoms with Crippen molar-refractivity contribution in [2.24, 2.45) is 0 Å². The first-order valence-corrected chi connectivity index (χ1v) is 10.8. The molecule has 7 heteroatoms. The Hall–Kier alpha value is -3.45. The van der Waals surface area contributed by atoms with Crippen LogP contribution < -0.4 is 14.8 Å². The third-order valence-electron chi connectivity index (χ3n) is 4.70. The largest absolute Gasteiger partial charge is 0.497 e. The van der Waals surface area contributed by atoms with Crippen LogP contribution in [0, 0.1) is 0 Å². The van der Waals surface area contributed by atoms with Gasteiger partial charge in [-0.05, 0) is 48.9 Å². The molecule has 0 radical (unpaired) electrons. The summed E-state index contributed by atoms with van der Waals surface area (Å²) < 4.78 is 11.0. The average molecular weight is 434 g/mol. The summed E-state index contributed by atoms with van der Waals surface area (Å²) >= 11 is 1.37. The number of carbonyl (C=O) groups excluding carboxylic acids is 1. The molecular formula is C24H23N3O3S. The van der Waals surface area contributed by atoms with Crippen LogP contribution in [0.4, 0.5) is 5.69 Å². The Bertz CT molecular complexity index is 1160. The molecule has 0 bridgehead atoms. The van der Waals surface area contributed by atoms with Gasteiger partial charge in [-0.1, -0.05) is 42.1 Å². The molecule has 1 atom stereocenters. The first-order valence-electron chi connectivity index (χ1n) is 9.89. The lowest BCUT2D eigenvalue weighted by molar-refractivity contribution is -0.115. The highest BCUT2D eigenvalue weighted by Gasteiger charge is 2.17. The van der Waals surface area contributed by atoms with E-state index in [1.807, 2.05) is 79.7 Å². The van der Waals surface area contributed by atoms with Crippen LogP contribution in [0.25, 0.3) is 11.0 Å². The van der Waals surface area contributed by atoms with Crippen LogP contribution >= 0.6 is 11.8 Å². The van der Waals surface area contributed by atoms with Gasteiger partial charge in [0.2, 0.25) is 5.91 Å². The highest BCUT2D eigenvalue weighted by atomic mass is 32.2. The van der Waals surface area contributed by atoms with Gasteiger partial charge in [0.05, 0.1) is 23.4 Å². The number of hydrogen-bond donors (Lipinski definition) is 2. The van der Waals surface area contributed by atoms with Gasteiger partial charge in [-0.2, -0.15) is 0 Å². The quantitative estimate of drug-likeness (QED) is 0.370. The maximum atomic E-state index is 12.6. The molecule has 0 aliphatic heterocycles. The molecule has 6 nitrogen and oxygen atoms in total. The van der Waals surface area contributed by atoms with Crippen molar-refractivity contribution in [3.05, 3.63) is 78.4 Å². The Balaban J connectivity index is 1.32. The zero-order valence-electron chi connectivity index (χ0n) is 17.3. The molecule has 0 saturated carbocycles. The van der Waals surface area contributed by atoms with Crippen LogP contribution in [0.5, 0.6) is 11.5 Å². The molecule has 1 amide bonds. The minimum absolute atomic E-state index is 0.0963. The maximum Gasteiger partial charge on any atom is 0.237 e. The van der Waals surface area contributed by atoms with Crippen LogP contribution in [0.3, 0.4) is 0 Å². The number of ether oxygens (including phenoxy) is 2. The van der Waals surface area contributed by atoms with Crippen molar-refractivity contribution >= 4 is 34.4 Å². The molecule has 0 aliphatic rings. The Kier molecular flexibility index (Phi) is 6.43. The maximum absolute atomic E-state index is 12.6. The molecule has 2 N–H and O–H groups in total. The zero-order chi connectivity index (χ0) is 21.6. The van der Waals surface area contributed by atoms with E-state index in [0.717, 1.165) is 33.8 Å². The number of amides is 1. The number of H-pyrrole nitrogens is 1. The number of imidazole rings is 1. The Morgan fingerprint density at radius 1 is 1.06 bits per heavy atom. The summed E-state index contributed by atoms with van der Waals surface area (Å²) in [6.45, 7) is 2.36. The standard InChI is InChI=1S/C24H23N3O3S/c1-16(31-24-26-21-13-12-20(29-2)14-22(21)27-24)23(28)25-18-8-10-19(11-9-18)30-15-17-6-4-3-5-7-17/h3-14,16H,15H2,1-2H3,(H,25,28)(H,26,27). The molecule has 1 unspecified atom stereocenters. The summed E-state index contributed by atoms with van der Waals surface area (Å²) in [6.07, 6.45) is 0. The van der Waals surface area contributed by atoms with Crippen molar-refractivity contribution < 1.29 is 14.3 Å². The second-order valence-electron chi connectivity index (χ2n) is 6.97. The fourth-order valence-electron chi connectivity index (χ4n) is 2.99. The van der Waals surface area contributed by atoms with Gasteiger partial charge in [0.15, 0.2) is 5.16 Å². The fourth-order valence-corrected chi connectivity index (χ4v) is 3.81. The van der Waals surface area contributed by atoms with E-state index in [4.69, 9.17) is 9.47 Å². The number of carbonyl (C=O) groups is 1. The number of methoxy groups -OCH3 is 1. The average Bonchev–Trinajstić information content (AvgIpc) is 3.20. The van der Waals surface area contributed by atoms with Crippen LogP contribution in [0.2, 0.25) is 0 Å². The van der Waals surface area contributed by atoms with E-state index >= 15 is 0 Å². The first-order chi connectivity index (χ1) is 15.1. The topological polar surface area (TPSA) is 76.2 Å². The van der Waals surface area contributed by atoms with Crippen molar-refractivity contribution in [1.29, 1.82) is 0 Å². The summed E-state index contributed by atoms with van der Waals surface area (Å²) in [6, 6.07) is 23.0. The Labute approximate surface area is 185 Å². The molecule has 158 valence electrons. The lowest BCUT2D eigenvalue weighted by atomic mass is 10.2.